The van der Waals surface area contributed by atoms with Crippen LogP contribution in [0.25, 0.3) is 0 Å². The molecule has 92 valence electrons. The van der Waals surface area contributed by atoms with Crippen molar-refractivity contribution in [2.45, 2.75) is 12.6 Å². The Morgan fingerprint density at radius 3 is 2.11 bits per heavy atom. The van der Waals surface area contributed by atoms with E-state index in [0.717, 1.165) is 11.1 Å². The molecule has 0 bridgehead atoms. The second-order valence-corrected chi connectivity index (χ2v) is 4.05. The molecule has 0 aromatic heterocycles. The van der Waals surface area contributed by atoms with Gasteiger partial charge in [0.2, 0.25) is 0 Å². The molecule has 0 aliphatic heterocycles. The Labute approximate surface area is 106 Å². The lowest BCUT2D eigenvalue weighted by atomic mass is 10.1. The average molecular weight is 241 g/mol. The van der Waals surface area contributed by atoms with Gasteiger partial charge in [0.15, 0.2) is 0 Å². The highest BCUT2D eigenvalue weighted by Crippen LogP contribution is 2.13. The summed E-state index contributed by atoms with van der Waals surface area (Å²) < 4.78 is 0. The molecule has 3 nitrogen and oxygen atoms in total. The first-order chi connectivity index (χ1) is 8.77. The number of aliphatic carboxylic acids is 1. The van der Waals surface area contributed by atoms with E-state index in [1.165, 1.54) is 0 Å². The Kier molecular flexibility index (Phi) is 4.10. The van der Waals surface area contributed by atoms with E-state index in [9.17, 15) is 9.90 Å². The van der Waals surface area contributed by atoms with Crippen LogP contribution >= 0.6 is 0 Å². The lowest BCUT2D eigenvalue weighted by molar-refractivity contribution is -0.139. The van der Waals surface area contributed by atoms with Crippen LogP contribution in [0.4, 0.5) is 0 Å². The number of carboxylic acids is 1. The van der Waals surface area contributed by atoms with Crippen LogP contribution < -0.4 is 5.32 Å². The van der Waals surface area contributed by atoms with Crippen LogP contribution in [0, 0.1) is 0 Å². The molecule has 2 N–H and O–H groups in total. The predicted octanol–water partition coefficient (Wildman–Crippen LogP) is 2.60. The summed E-state index contributed by atoms with van der Waals surface area (Å²) >= 11 is 0. The largest absolute Gasteiger partial charge is 0.480 e. The lowest BCUT2D eigenvalue weighted by Crippen LogP contribution is -2.28. The van der Waals surface area contributed by atoms with Crippen molar-refractivity contribution in [1.29, 1.82) is 0 Å². The maximum atomic E-state index is 11.3. The summed E-state index contributed by atoms with van der Waals surface area (Å²) in [6, 6.07) is 18.3. The number of carbonyl (C=O) groups is 1. The summed E-state index contributed by atoms with van der Waals surface area (Å²) in [4.78, 5) is 11.3. The third kappa shape index (κ3) is 3.18. The maximum absolute atomic E-state index is 11.3. The van der Waals surface area contributed by atoms with Crippen LogP contribution in [-0.2, 0) is 11.3 Å². The normalized spacial score (nSPS) is 12.0. The van der Waals surface area contributed by atoms with Crippen molar-refractivity contribution in [1.82, 2.24) is 5.32 Å². The highest BCUT2D eigenvalue weighted by molar-refractivity contribution is 5.75. The molecule has 0 heterocycles. The molecular weight excluding hydrogens is 226 g/mol. The van der Waals surface area contributed by atoms with Crippen LogP contribution in [0.15, 0.2) is 60.7 Å². The predicted molar refractivity (Wildman–Crippen MR) is 70.1 cm³/mol. The monoisotopic (exact) mass is 241 g/mol. The van der Waals surface area contributed by atoms with Gasteiger partial charge in [0.1, 0.15) is 6.04 Å². The summed E-state index contributed by atoms with van der Waals surface area (Å²) in [5.41, 5.74) is 1.83. The third-order valence-corrected chi connectivity index (χ3v) is 2.73. The van der Waals surface area contributed by atoms with E-state index in [0.29, 0.717) is 6.54 Å². The molecule has 0 saturated heterocycles. The quantitative estimate of drug-likeness (QED) is 0.846. The van der Waals surface area contributed by atoms with Crippen LogP contribution in [0.3, 0.4) is 0 Å². The minimum Gasteiger partial charge on any atom is -0.480 e. The van der Waals surface area contributed by atoms with Gasteiger partial charge in [-0.1, -0.05) is 60.7 Å². The molecule has 1 unspecified atom stereocenters. The minimum atomic E-state index is -0.864. The summed E-state index contributed by atoms with van der Waals surface area (Å²) in [7, 11) is 0. The summed E-state index contributed by atoms with van der Waals surface area (Å²) in [6.07, 6.45) is 0. The minimum absolute atomic E-state index is 0.534. The highest BCUT2D eigenvalue weighted by Gasteiger charge is 2.18. The van der Waals surface area contributed by atoms with Crippen molar-refractivity contribution in [3.63, 3.8) is 0 Å². The molecule has 2 aromatic rings. The van der Waals surface area contributed by atoms with Crippen LogP contribution in [0.1, 0.15) is 17.2 Å². The van der Waals surface area contributed by atoms with E-state index < -0.39 is 12.0 Å². The van der Waals surface area contributed by atoms with E-state index in [4.69, 9.17) is 0 Å². The van der Waals surface area contributed by atoms with E-state index in [2.05, 4.69) is 5.32 Å². The number of rotatable bonds is 5. The summed E-state index contributed by atoms with van der Waals surface area (Å²) in [5.74, 6) is -0.864. The molecule has 0 fully saturated rings. The molecule has 0 spiro atoms. The van der Waals surface area contributed by atoms with Crippen LogP contribution in [0.2, 0.25) is 0 Å². The fourth-order valence-electron chi connectivity index (χ4n) is 1.81. The zero-order valence-corrected chi connectivity index (χ0v) is 9.91. The number of hydrogen-bond donors (Lipinski definition) is 2. The zero-order valence-electron chi connectivity index (χ0n) is 9.91. The van der Waals surface area contributed by atoms with E-state index in [-0.39, 0.29) is 0 Å². The van der Waals surface area contributed by atoms with Gasteiger partial charge in [-0.2, -0.15) is 0 Å². The van der Waals surface area contributed by atoms with Gasteiger partial charge in [-0.05, 0) is 11.1 Å². The number of benzene rings is 2. The van der Waals surface area contributed by atoms with Crippen molar-refractivity contribution in [3.05, 3.63) is 71.8 Å². The van der Waals surface area contributed by atoms with Gasteiger partial charge in [0.25, 0.3) is 0 Å². The molecule has 0 amide bonds. The second kappa shape index (κ2) is 5.98. The molecule has 2 aromatic carbocycles. The van der Waals surface area contributed by atoms with Crippen molar-refractivity contribution in [2.75, 3.05) is 0 Å². The van der Waals surface area contributed by atoms with Gasteiger partial charge in [-0.25, -0.2) is 0 Å². The molecule has 0 radical (unpaired) electrons. The smallest absolute Gasteiger partial charge is 0.325 e. The van der Waals surface area contributed by atoms with E-state index >= 15 is 0 Å². The third-order valence-electron chi connectivity index (χ3n) is 2.73. The van der Waals surface area contributed by atoms with Gasteiger partial charge in [0, 0.05) is 6.54 Å². The molecule has 0 saturated carbocycles. The highest BCUT2D eigenvalue weighted by atomic mass is 16.4. The molecule has 2 rings (SSSR count). The van der Waals surface area contributed by atoms with Crippen LogP contribution in [0.5, 0.6) is 0 Å². The summed E-state index contributed by atoms with van der Waals surface area (Å²) in [5, 5.41) is 12.3. The van der Waals surface area contributed by atoms with Crippen molar-refractivity contribution in [3.8, 4) is 0 Å². The van der Waals surface area contributed by atoms with Crippen LogP contribution in [-0.4, -0.2) is 11.1 Å². The molecule has 18 heavy (non-hydrogen) atoms. The SMILES string of the molecule is O=C(O)C(NCc1ccccc1)c1ccccc1. The first-order valence-corrected chi connectivity index (χ1v) is 5.82. The number of hydrogen-bond acceptors (Lipinski definition) is 2. The van der Waals surface area contributed by atoms with Crippen molar-refractivity contribution < 1.29 is 9.90 Å². The van der Waals surface area contributed by atoms with Gasteiger partial charge in [-0.15, -0.1) is 0 Å². The van der Waals surface area contributed by atoms with Crippen molar-refractivity contribution in [2.24, 2.45) is 0 Å². The maximum Gasteiger partial charge on any atom is 0.325 e. The first-order valence-electron chi connectivity index (χ1n) is 5.82. The van der Waals surface area contributed by atoms with Crippen molar-refractivity contribution >= 4 is 5.97 Å². The topological polar surface area (TPSA) is 49.3 Å². The Balaban J connectivity index is 2.06. The van der Waals surface area contributed by atoms with Gasteiger partial charge in [-0.3, -0.25) is 10.1 Å². The van der Waals surface area contributed by atoms with Gasteiger partial charge in [0.05, 0.1) is 0 Å². The van der Waals surface area contributed by atoms with Gasteiger partial charge >= 0.3 is 5.97 Å². The standard InChI is InChI=1S/C15H15NO2/c17-15(18)14(13-9-5-2-6-10-13)16-11-12-7-3-1-4-8-12/h1-10,14,16H,11H2,(H,17,18). The molecule has 0 aliphatic carbocycles. The molecule has 1 atom stereocenters. The first kappa shape index (κ1) is 12.3. The Bertz CT molecular complexity index is 496. The van der Waals surface area contributed by atoms with E-state index in [1.54, 1.807) is 0 Å². The Morgan fingerprint density at radius 1 is 1.00 bits per heavy atom. The fourth-order valence-corrected chi connectivity index (χ4v) is 1.81. The zero-order chi connectivity index (χ0) is 12.8. The van der Waals surface area contributed by atoms with Gasteiger partial charge < -0.3 is 5.11 Å². The summed E-state index contributed by atoms with van der Waals surface area (Å²) in [6.45, 7) is 0.534. The number of carboxylic acid groups (broad SMARTS) is 1. The molecular formula is C15H15NO2. The fraction of sp³-hybridized carbons (Fsp3) is 0.133. The Hall–Kier alpha value is -2.13. The number of nitrogens with one attached hydrogen (secondary N) is 1. The second-order valence-electron chi connectivity index (χ2n) is 4.05. The molecule has 0 aliphatic rings. The van der Waals surface area contributed by atoms with E-state index in [1.807, 2.05) is 60.7 Å². The Morgan fingerprint density at radius 2 is 1.56 bits per heavy atom. The average Bonchev–Trinajstić information content (AvgIpc) is 2.41. The molecule has 3 heteroatoms. The lowest BCUT2D eigenvalue weighted by Gasteiger charge is -2.14.